The number of ketones is 1. The minimum atomic E-state index is -0.199. The molecule has 184 valence electrons. The summed E-state index contributed by atoms with van der Waals surface area (Å²) in [5, 5.41) is 4.08. The van der Waals surface area contributed by atoms with E-state index in [0.29, 0.717) is 17.2 Å². The lowest BCUT2D eigenvalue weighted by molar-refractivity contribution is 0.101. The lowest BCUT2D eigenvalue weighted by atomic mass is 10.0. The van der Waals surface area contributed by atoms with Gasteiger partial charge >= 0.3 is 0 Å². The summed E-state index contributed by atoms with van der Waals surface area (Å²) in [6, 6.07) is 2.00. The molecule has 1 saturated carbocycles. The lowest BCUT2D eigenvalue weighted by Gasteiger charge is -2.21. The van der Waals surface area contributed by atoms with Crippen molar-refractivity contribution in [3.63, 3.8) is 0 Å². The molecule has 5 rings (SSSR count). The van der Waals surface area contributed by atoms with Gasteiger partial charge in [-0.3, -0.25) is 9.59 Å². The van der Waals surface area contributed by atoms with Crippen molar-refractivity contribution in [3.8, 4) is 0 Å². The molecule has 4 heterocycles. The minimum Gasteiger partial charge on any atom is -0.354 e. The van der Waals surface area contributed by atoms with E-state index in [1.165, 1.54) is 6.92 Å². The summed E-state index contributed by atoms with van der Waals surface area (Å²) in [5.41, 5.74) is 1.57. The van der Waals surface area contributed by atoms with Gasteiger partial charge in [0.2, 0.25) is 0 Å². The van der Waals surface area contributed by atoms with Gasteiger partial charge in [0.05, 0.1) is 23.5 Å². The predicted octanol–water partition coefficient (Wildman–Crippen LogP) is 3.70. The Morgan fingerprint density at radius 3 is 2.46 bits per heavy atom. The van der Waals surface area contributed by atoms with Gasteiger partial charge in [0.1, 0.15) is 17.5 Å². The molecule has 0 aromatic carbocycles. The van der Waals surface area contributed by atoms with E-state index in [-0.39, 0.29) is 22.9 Å². The number of hydrogen-bond acceptors (Lipinski definition) is 8. The normalized spacial score (nSPS) is 17.6. The van der Waals surface area contributed by atoms with Crippen molar-refractivity contribution in [1.29, 1.82) is 0 Å². The molecule has 0 unspecified atom stereocenters. The Labute approximate surface area is 205 Å². The maximum atomic E-state index is 13.4. The zero-order chi connectivity index (χ0) is 24.5. The van der Waals surface area contributed by atoms with Crippen molar-refractivity contribution < 1.29 is 4.79 Å². The number of carbonyl (C=O) groups is 1. The smallest absolute Gasteiger partial charge is 0.262 e. The first-order valence-electron chi connectivity index (χ1n) is 12.5. The number of nitrogens with zero attached hydrogens (tertiary/aromatic N) is 6. The largest absolute Gasteiger partial charge is 0.354 e. The highest BCUT2D eigenvalue weighted by Gasteiger charge is 2.25. The van der Waals surface area contributed by atoms with Gasteiger partial charge in [-0.15, -0.1) is 0 Å². The average Bonchev–Trinajstić information content (AvgIpc) is 3.27. The van der Waals surface area contributed by atoms with Crippen LogP contribution in [0.3, 0.4) is 0 Å². The van der Waals surface area contributed by atoms with Crippen LogP contribution in [0.25, 0.3) is 10.9 Å². The minimum absolute atomic E-state index is 0.102. The summed E-state index contributed by atoms with van der Waals surface area (Å²) in [6.45, 7) is 7.30. The molecule has 0 amide bonds. The molecule has 2 aliphatic rings. The number of likely N-dealkylation sites (N-methyl/N-ethyl adjacent to an activating group) is 1. The molecule has 0 radical (unpaired) electrons. The maximum Gasteiger partial charge on any atom is 0.262 e. The first-order chi connectivity index (χ1) is 16.9. The van der Waals surface area contributed by atoms with Crippen molar-refractivity contribution in [3.05, 3.63) is 46.1 Å². The van der Waals surface area contributed by atoms with E-state index in [1.807, 2.05) is 17.6 Å². The molecule has 35 heavy (non-hydrogen) atoms. The fourth-order valence-electron chi connectivity index (χ4n) is 5.42. The second-order valence-corrected chi connectivity index (χ2v) is 9.79. The van der Waals surface area contributed by atoms with Crippen LogP contribution in [-0.4, -0.2) is 63.4 Å². The number of hydrogen-bond donors (Lipinski definition) is 1. The average molecular weight is 476 g/mol. The number of nitrogens with one attached hydrogen (secondary N) is 1. The summed E-state index contributed by atoms with van der Waals surface area (Å²) in [5.74, 6) is 1.87. The summed E-state index contributed by atoms with van der Waals surface area (Å²) in [7, 11) is 2.15. The van der Waals surface area contributed by atoms with E-state index in [4.69, 9.17) is 0 Å². The van der Waals surface area contributed by atoms with Gasteiger partial charge < -0.3 is 19.7 Å². The molecule has 1 aliphatic heterocycles. The van der Waals surface area contributed by atoms with Crippen LogP contribution in [0.4, 0.5) is 17.5 Å². The molecule has 3 aromatic heterocycles. The Bertz CT molecular complexity index is 1300. The van der Waals surface area contributed by atoms with E-state index in [2.05, 4.69) is 37.1 Å². The Morgan fingerprint density at radius 2 is 1.74 bits per heavy atom. The van der Waals surface area contributed by atoms with Crippen LogP contribution in [0, 0.1) is 6.92 Å². The second-order valence-electron chi connectivity index (χ2n) is 9.79. The number of aromatic nitrogens is 4. The Morgan fingerprint density at radius 1 is 0.971 bits per heavy atom. The third-order valence-electron chi connectivity index (χ3n) is 7.33. The van der Waals surface area contributed by atoms with Crippen molar-refractivity contribution in [2.75, 3.05) is 43.4 Å². The zero-order valence-corrected chi connectivity index (χ0v) is 20.8. The third kappa shape index (κ3) is 4.65. The van der Waals surface area contributed by atoms with Gasteiger partial charge in [0, 0.05) is 43.3 Å². The topological polar surface area (TPSA) is 96.2 Å². The quantitative estimate of drug-likeness (QED) is 0.558. The molecule has 0 bridgehead atoms. The van der Waals surface area contributed by atoms with Crippen LogP contribution in [0.1, 0.15) is 61.0 Å². The Balaban J connectivity index is 1.46. The maximum absolute atomic E-state index is 13.4. The zero-order valence-electron chi connectivity index (χ0n) is 20.8. The van der Waals surface area contributed by atoms with Gasteiger partial charge in [0.25, 0.3) is 5.56 Å². The first kappa shape index (κ1) is 23.4. The van der Waals surface area contributed by atoms with E-state index in [1.54, 1.807) is 18.6 Å². The van der Waals surface area contributed by atoms with E-state index < -0.39 is 0 Å². The Kier molecular flexibility index (Phi) is 6.51. The summed E-state index contributed by atoms with van der Waals surface area (Å²) < 4.78 is 1.82. The number of fused-ring (bicyclic) bond motifs is 1. The van der Waals surface area contributed by atoms with Gasteiger partial charge in [-0.2, -0.15) is 0 Å². The highest BCUT2D eigenvalue weighted by atomic mass is 16.1. The van der Waals surface area contributed by atoms with Crippen LogP contribution in [-0.2, 0) is 0 Å². The molecule has 0 spiro atoms. The second kappa shape index (κ2) is 9.73. The van der Waals surface area contributed by atoms with Crippen LogP contribution in [0.15, 0.2) is 29.5 Å². The molecular weight excluding hydrogens is 442 g/mol. The summed E-state index contributed by atoms with van der Waals surface area (Å²) in [6.07, 6.45) is 10.4. The Hall–Kier alpha value is -3.33. The lowest BCUT2D eigenvalue weighted by Crippen LogP contribution is -2.30. The number of Topliss-reactive ketones (excluding diaryl/α,β-unsaturated/α-hetero) is 1. The fourth-order valence-corrected chi connectivity index (χ4v) is 5.42. The van der Waals surface area contributed by atoms with E-state index >= 15 is 0 Å². The number of anilines is 3. The highest BCUT2D eigenvalue weighted by molar-refractivity contribution is 6.00. The SMILES string of the molecule is CC(=O)c1c(C)c2cnc(Nc3cnc(N4CCCN(C)CC4)cn3)cc2n(C2CCCC2)c1=O. The van der Waals surface area contributed by atoms with Gasteiger partial charge in [-0.05, 0) is 52.3 Å². The van der Waals surface area contributed by atoms with Crippen LogP contribution in [0.5, 0.6) is 0 Å². The standard InChI is InChI=1S/C26H33N7O2/c1-17-20-14-27-22(13-21(20)33(19-7-4-5-8-19)26(35)25(17)18(2)34)30-23-15-29-24(16-28-23)32-10-6-9-31(3)11-12-32/h13-16,19H,4-12H2,1-3H3,(H,27,28,30). The highest BCUT2D eigenvalue weighted by Crippen LogP contribution is 2.33. The number of aryl methyl sites for hydroxylation is 1. The van der Waals surface area contributed by atoms with Crippen LogP contribution in [0.2, 0.25) is 0 Å². The van der Waals surface area contributed by atoms with Gasteiger partial charge in [-0.25, -0.2) is 15.0 Å². The first-order valence-corrected chi connectivity index (χ1v) is 12.5. The van der Waals surface area contributed by atoms with Crippen molar-refractivity contribution in [2.24, 2.45) is 0 Å². The van der Waals surface area contributed by atoms with Crippen molar-refractivity contribution >= 4 is 34.1 Å². The van der Waals surface area contributed by atoms with Crippen molar-refractivity contribution in [2.45, 2.75) is 52.0 Å². The van der Waals surface area contributed by atoms with Crippen LogP contribution >= 0.6 is 0 Å². The third-order valence-corrected chi connectivity index (χ3v) is 7.33. The monoisotopic (exact) mass is 475 g/mol. The molecule has 2 fully saturated rings. The van der Waals surface area contributed by atoms with Gasteiger partial charge in [0.15, 0.2) is 5.78 Å². The molecule has 1 aliphatic carbocycles. The molecule has 0 atom stereocenters. The van der Waals surface area contributed by atoms with Gasteiger partial charge in [-0.1, -0.05) is 12.8 Å². The predicted molar refractivity (Wildman–Crippen MR) is 138 cm³/mol. The molecule has 1 saturated heterocycles. The molecule has 9 heteroatoms. The fraction of sp³-hybridized carbons (Fsp3) is 0.500. The molecule has 1 N–H and O–H groups in total. The molecule has 9 nitrogen and oxygen atoms in total. The van der Waals surface area contributed by atoms with Crippen LogP contribution < -0.4 is 15.8 Å². The summed E-state index contributed by atoms with van der Waals surface area (Å²) in [4.78, 5) is 44.1. The number of carbonyl (C=O) groups excluding carboxylic acids is 1. The van der Waals surface area contributed by atoms with E-state index in [0.717, 1.165) is 75.0 Å². The van der Waals surface area contributed by atoms with Crippen molar-refractivity contribution in [1.82, 2.24) is 24.4 Å². The molecular formula is C26H33N7O2. The molecule has 3 aromatic rings. The number of pyridine rings is 2. The van der Waals surface area contributed by atoms with E-state index in [9.17, 15) is 9.59 Å². The number of rotatable bonds is 5. The summed E-state index contributed by atoms with van der Waals surface area (Å²) >= 11 is 0.